The quantitative estimate of drug-likeness (QED) is 0.0309. The van der Waals surface area contributed by atoms with Crippen LogP contribution in [-0.4, -0.2) is 116 Å². The van der Waals surface area contributed by atoms with Crippen LogP contribution in [0.4, 0.5) is 9.59 Å². The van der Waals surface area contributed by atoms with E-state index in [-0.39, 0.29) is 77.0 Å². The first-order valence-corrected chi connectivity index (χ1v) is 24.1. The van der Waals surface area contributed by atoms with Crippen molar-refractivity contribution in [1.29, 1.82) is 0 Å². The number of unbranched alkanes of at least 4 members (excludes halogenated alkanes) is 11. The second-order valence-electron chi connectivity index (χ2n) is 16.9. The molecule has 14 nitrogen and oxygen atoms in total. The van der Waals surface area contributed by atoms with Crippen molar-refractivity contribution < 1.29 is 53.4 Å². The molecule has 2 aliphatic carbocycles. The molecular weight excluding hydrogens is 807 g/mol. The van der Waals surface area contributed by atoms with Crippen molar-refractivity contribution in [2.75, 3.05) is 65.9 Å². The summed E-state index contributed by atoms with van der Waals surface area (Å²) in [6, 6.07) is 4.60. The Hall–Kier alpha value is -3.69. The topological polar surface area (TPSA) is 178 Å². The number of allylic oxidation sites excluding steroid dienone is 1. The van der Waals surface area contributed by atoms with Crippen LogP contribution in [0.1, 0.15) is 141 Å². The highest BCUT2D eigenvalue weighted by Gasteiger charge is 2.65. The number of ether oxygens (including phenoxy) is 5. The first-order valence-electron chi connectivity index (χ1n) is 24.1. The summed E-state index contributed by atoms with van der Waals surface area (Å²) in [6.45, 7) is 11.4. The second-order valence-corrected chi connectivity index (χ2v) is 16.9. The minimum absolute atomic E-state index is 0.00482. The van der Waals surface area contributed by atoms with Crippen LogP contribution >= 0.6 is 0 Å². The van der Waals surface area contributed by atoms with Gasteiger partial charge in [0.05, 0.1) is 44.7 Å². The molecule has 1 heterocycles. The number of hydrogen-bond acceptors (Lipinski definition) is 12. The highest BCUT2D eigenvalue weighted by molar-refractivity contribution is 6.03. The zero-order chi connectivity index (χ0) is 45.3. The number of carbonyl (C=O) groups excluding carboxylic acids is 2. The lowest BCUT2D eigenvalue weighted by atomic mass is 9.55. The van der Waals surface area contributed by atoms with E-state index in [1.807, 2.05) is 26.0 Å². The van der Waals surface area contributed by atoms with Crippen molar-refractivity contribution in [3.63, 3.8) is 0 Å². The van der Waals surface area contributed by atoms with Crippen LogP contribution in [0.3, 0.4) is 0 Å². The Bertz CT molecular complexity index is 1570. The minimum Gasteiger partial charge on any atom is -0.459 e. The smallest absolute Gasteiger partial charge is 0.412 e. The molecule has 14 heteroatoms. The zero-order valence-electron chi connectivity index (χ0n) is 38.6. The number of rotatable bonds is 32. The molecule has 2 amide bonds. The number of nitrogens with zero attached hydrogens (tertiary/aromatic N) is 2. The van der Waals surface area contributed by atoms with Gasteiger partial charge in [-0.15, -0.1) is 6.58 Å². The van der Waals surface area contributed by atoms with E-state index in [1.165, 1.54) is 44.9 Å². The fourth-order valence-electron chi connectivity index (χ4n) is 9.68. The van der Waals surface area contributed by atoms with Gasteiger partial charge in [-0.1, -0.05) is 94.9 Å². The molecule has 6 unspecified atom stereocenters. The fraction of sp³-hybridized carbons (Fsp3) is 0.735. The van der Waals surface area contributed by atoms with Crippen molar-refractivity contribution in [3.8, 4) is 11.5 Å². The van der Waals surface area contributed by atoms with Gasteiger partial charge in [0.15, 0.2) is 0 Å². The number of aliphatic hydroxyl groups excluding tert-OH is 3. The van der Waals surface area contributed by atoms with Crippen LogP contribution in [0.15, 0.2) is 47.7 Å². The molecule has 0 aromatic heterocycles. The molecule has 63 heavy (non-hydrogen) atoms. The predicted molar refractivity (Wildman–Crippen MR) is 244 cm³/mol. The van der Waals surface area contributed by atoms with Gasteiger partial charge >= 0.3 is 12.2 Å². The largest absolute Gasteiger partial charge is 0.459 e. The molecule has 3 aliphatic rings. The van der Waals surface area contributed by atoms with Crippen LogP contribution in [0, 0.1) is 17.8 Å². The summed E-state index contributed by atoms with van der Waals surface area (Å²) in [6.07, 6.45) is 19.1. The Balaban J connectivity index is 1.82. The van der Waals surface area contributed by atoms with Crippen LogP contribution in [-0.2, 0) is 19.0 Å². The second kappa shape index (κ2) is 29.0. The maximum Gasteiger partial charge on any atom is 0.412 e. The number of benzene rings is 1. The van der Waals surface area contributed by atoms with E-state index < -0.39 is 29.9 Å². The van der Waals surface area contributed by atoms with Crippen LogP contribution < -0.4 is 14.8 Å². The van der Waals surface area contributed by atoms with Gasteiger partial charge in [0.2, 0.25) is 5.79 Å². The Morgan fingerprint density at radius 3 is 2.29 bits per heavy atom. The number of nitrogens with one attached hydrogen (secondary N) is 1. The average Bonchev–Trinajstić information content (AvgIpc) is 3.28. The van der Waals surface area contributed by atoms with E-state index in [0.29, 0.717) is 43.2 Å². The number of oxime groups is 1. The van der Waals surface area contributed by atoms with Crippen molar-refractivity contribution >= 4 is 17.9 Å². The summed E-state index contributed by atoms with van der Waals surface area (Å²) in [5.41, 5.74) is 2.41. The highest BCUT2D eigenvalue weighted by Crippen LogP contribution is 2.62. The number of aliphatic hydroxyl groups is 3. The molecule has 356 valence electrons. The lowest BCUT2D eigenvalue weighted by Crippen LogP contribution is -2.70. The number of amides is 2. The number of carbonyl (C=O) groups is 2. The third-order valence-corrected chi connectivity index (χ3v) is 12.5. The Morgan fingerprint density at radius 1 is 0.905 bits per heavy atom. The van der Waals surface area contributed by atoms with Crippen LogP contribution in [0.25, 0.3) is 0 Å². The van der Waals surface area contributed by atoms with Gasteiger partial charge < -0.3 is 49.2 Å². The molecule has 1 saturated carbocycles. The summed E-state index contributed by atoms with van der Waals surface area (Å²) in [7, 11) is 0. The Labute approximate surface area is 376 Å². The fourth-order valence-corrected chi connectivity index (χ4v) is 9.68. The van der Waals surface area contributed by atoms with E-state index in [1.54, 1.807) is 17.0 Å². The monoisotopic (exact) mass is 886 g/mol. The van der Waals surface area contributed by atoms with Crippen molar-refractivity contribution in [2.45, 2.75) is 148 Å². The Morgan fingerprint density at radius 2 is 1.62 bits per heavy atom. The van der Waals surface area contributed by atoms with E-state index in [2.05, 4.69) is 24.9 Å². The number of hydrogen-bond donors (Lipinski definition) is 4. The zero-order valence-corrected chi connectivity index (χ0v) is 38.6. The van der Waals surface area contributed by atoms with E-state index >= 15 is 0 Å². The van der Waals surface area contributed by atoms with Crippen molar-refractivity contribution in [3.05, 3.63) is 48.1 Å². The molecule has 6 atom stereocenters. The van der Waals surface area contributed by atoms with E-state index in [0.717, 1.165) is 56.1 Å². The molecule has 4 rings (SSSR count). The van der Waals surface area contributed by atoms with Crippen molar-refractivity contribution in [2.24, 2.45) is 22.9 Å². The molecule has 4 N–H and O–H groups in total. The molecule has 0 spiro atoms. The summed E-state index contributed by atoms with van der Waals surface area (Å²) < 4.78 is 31.9. The first kappa shape index (κ1) is 51.9. The van der Waals surface area contributed by atoms with Crippen LogP contribution in [0.5, 0.6) is 11.5 Å². The Kier molecular flexibility index (Phi) is 23.9. The van der Waals surface area contributed by atoms with Gasteiger partial charge in [-0.05, 0) is 81.6 Å². The highest BCUT2D eigenvalue weighted by atomic mass is 16.7. The molecule has 0 saturated heterocycles. The molecular formula is C49H79N3O11. The van der Waals surface area contributed by atoms with Gasteiger partial charge in [-0.25, -0.2) is 9.59 Å². The van der Waals surface area contributed by atoms with Gasteiger partial charge in [0.1, 0.15) is 24.1 Å². The predicted octanol–water partition coefficient (Wildman–Crippen LogP) is 8.82. The molecule has 0 radical (unpaired) electrons. The average molecular weight is 886 g/mol. The first-order chi connectivity index (χ1) is 30.8. The molecule has 1 aromatic carbocycles. The van der Waals surface area contributed by atoms with Crippen LogP contribution in [0.2, 0.25) is 0 Å². The summed E-state index contributed by atoms with van der Waals surface area (Å²) >= 11 is 0. The van der Waals surface area contributed by atoms with Gasteiger partial charge in [0, 0.05) is 44.2 Å². The third kappa shape index (κ3) is 14.9. The summed E-state index contributed by atoms with van der Waals surface area (Å²) in [5, 5.41) is 36.8. The van der Waals surface area contributed by atoms with E-state index in [4.69, 9.17) is 33.7 Å². The molecule has 0 bridgehead atoms. The maximum absolute atomic E-state index is 14.6. The SMILES string of the molecule is C=CCOC12Oc3ccc(OC(=O)NCC)cc3C3C(CCCCO)C(CCCCO)C=C(C(=NOCC)CC1N(CCOCCO)C(=O)OCCCCCCCCCCCC)C32. The number of fused-ring (bicyclic) bond motifs is 2. The minimum atomic E-state index is -1.48. The molecule has 1 fully saturated rings. The molecule has 1 aliphatic heterocycles. The normalized spacial score (nSPS) is 22.9. The summed E-state index contributed by atoms with van der Waals surface area (Å²) in [4.78, 5) is 34.8. The summed E-state index contributed by atoms with van der Waals surface area (Å²) in [5.74, 6) is -1.38. The lowest BCUT2D eigenvalue weighted by molar-refractivity contribution is -0.256. The standard InChI is InChI=1S/C49H79N3O11/c1-5-9-10-11-12-13-14-15-16-21-31-59-48(57)52(26-32-58-33-29-55)44-36-42(51-61-8-4)40-34-37(22-17-19-27-53)39(23-18-20-28-54)45-41-35-38(62-47(56)50-7-3)24-25-43(41)63-49(44,46(40)45)60-30-6-2/h6,24-25,34-35,37,39,44-46,53-55H,2,5,7-23,26-33,36H2,1,3-4H3,(H,50,56). The van der Waals surface area contributed by atoms with E-state index in [9.17, 15) is 24.9 Å². The van der Waals surface area contributed by atoms with Gasteiger partial charge in [-0.3, -0.25) is 4.90 Å². The van der Waals surface area contributed by atoms with Crippen molar-refractivity contribution in [1.82, 2.24) is 10.2 Å². The maximum atomic E-state index is 14.6. The third-order valence-electron chi connectivity index (χ3n) is 12.5. The van der Waals surface area contributed by atoms with Gasteiger partial charge in [0.25, 0.3) is 0 Å². The van der Waals surface area contributed by atoms with Gasteiger partial charge in [-0.2, -0.15) is 0 Å². The lowest BCUT2D eigenvalue weighted by Gasteiger charge is -2.59. The molecule has 1 aromatic rings.